The number of carbonyl (C=O) groups is 2. The minimum absolute atomic E-state index is 0.0162. The molecule has 0 bridgehead atoms. The summed E-state index contributed by atoms with van der Waals surface area (Å²) >= 11 is 0. The molecule has 1 aromatic carbocycles. The minimum Gasteiger partial charge on any atom is -0.378 e. The Morgan fingerprint density at radius 3 is 2.68 bits per heavy atom. The van der Waals surface area contributed by atoms with Crippen molar-refractivity contribution in [3.63, 3.8) is 0 Å². The number of anilines is 1. The van der Waals surface area contributed by atoms with Gasteiger partial charge in [0.05, 0.1) is 13.2 Å². The molecule has 2 aliphatic rings. The van der Waals surface area contributed by atoms with Crippen molar-refractivity contribution in [3.8, 4) is 0 Å². The topological polar surface area (TPSA) is 76.5 Å². The van der Waals surface area contributed by atoms with Gasteiger partial charge in [0.15, 0.2) is 5.69 Å². The van der Waals surface area contributed by atoms with Crippen molar-refractivity contribution in [1.82, 2.24) is 14.7 Å². The Labute approximate surface area is 162 Å². The van der Waals surface area contributed by atoms with Crippen molar-refractivity contribution in [2.75, 3.05) is 31.6 Å². The predicted octanol–water partition coefficient (Wildman–Crippen LogP) is 2.32. The summed E-state index contributed by atoms with van der Waals surface area (Å²) in [5.74, 6) is -0.471. The number of nitrogens with zero attached hydrogens (tertiary/aromatic N) is 3. The van der Waals surface area contributed by atoms with Crippen LogP contribution in [0.3, 0.4) is 0 Å². The van der Waals surface area contributed by atoms with Gasteiger partial charge in [-0.25, -0.2) is 4.39 Å². The van der Waals surface area contributed by atoms with E-state index in [1.807, 2.05) is 0 Å². The zero-order valence-electron chi connectivity index (χ0n) is 15.8. The van der Waals surface area contributed by atoms with Crippen LogP contribution in [0.25, 0.3) is 0 Å². The van der Waals surface area contributed by atoms with Gasteiger partial charge in [-0.3, -0.25) is 14.3 Å². The maximum atomic E-state index is 13.7. The summed E-state index contributed by atoms with van der Waals surface area (Å²) in [6.07, 6.45) is 2.06. The number of benzene rings is 1. The second-order valence-electron chi connectivity index (χ2n) is 7.30. The monoisotopic (exact) mass is 386 g/mol. The molecule has 2 fully saturated rings. The fourth-order valence-corrected chi connectivity index (χ4v) is 3.31. The number of hydrogen-bond donors (Lipinski definition) is 1. The number of aryl methyl sites for hydroxylation is 1. The van der Waals surface area contributed by atoms with E-state index in [4.69, 9.17) is 4.74 Å². The summed E-state index contributed by atoms with van der Waals surface area (Å²) < 4.78 is 20.6. The number of morpholine rings is 1. The third-order valence-corrected chi connectivity index (χ3v) is 5.07. The third-order valence-electron chi connectivity index (χ3n) is 5.07. The SMILES string of the molecule is Cc1ccc(NC(=O)Cn2nc(C(=O)N3CCOCC3)cc2C2CC2)cc1F. The molecule has 8 heteroatoms. The molecule has 7 nitrogen and oxygen atoms in total. The summed E-state index contributed by atoms with van der Waals surface area (Å²) in [6, 6.07) is 6.38. The smallest absolute Gasteiger partial charge is 0.274 e. The quantitative estimate of drug-likeness (QED) is 0.856. The van der Waals surface area contributed by atoms with E-state index in [-0.39, 0.29) is 24.2 Å². The van der Waals surface area contributed by atoms with Gasteiger partial charge in [-0.1, -0.05) is 6.07 Å². The molecule has 0 unspecified atom stereocenters. The van der Waals surface area contributed by atoms with Crippen LogP contribution < -0.4 is 5.32 Å². The normalized spacial score (nSPS) is 16.9. The highest BCUT2D eigenvalue weighted by molar-refractivity contribution is 5.93. The predicted molar refractivity (Wildman–Crippen MR) is 101 cm³/mol. The fraction of sp³-hybridized carbons (Fsp3) is 0.450. The summed E-state index contributed by atoms with van der Waals surface area (Å²) in [5, 5.41) is 7.10. The van der Waals surface area contributed by atoms with Crippen molar-refractivity contribution < 1.29 is 18.7 Å². The van der Waals surface area contributed by atoms with Crippen LogP contribution in [0, 0.1) is 12.7 Å². The molecule has 1 saturated heterocycles. The number of aromatic nitrogens is 2. The molecule has 1 aliphatic heterocycles. The standard InChI is InChI=1S/C20H23FN4O3/c1-13-2-5-15(10-16(13)21)22-19(26)12-25-18(14-3-4-14)11-17(23-25)20(27)24-6-8-28-9-7-24/h2,5,10-11,14H,3-4,6-9,12H2,1H3,(H,22,26). The van der Waals surface area contributed by atoms with Gasteiger partial charge in [0.2, 0.25) is 5.91 Å². The number of ether oxygens (including phenoxy) is 1. The Morgan fingerprint density at radius 2 is 2.00 bits per heavy atom. The molecule has 2 aromatic rings. The molecule has 0 radical (unpaired) electrons. The van der Waals surface area contributed by atoms with Crippen LogP contribution in [-0.2, 0) is 16.1 Å². The molecule has 148 valence electrons. The van der Waals surface area contributed by atoms with Gasteiger partial charge in [-0.15, -0.1) is 0 Å². The van der Waals surface area contributed by atoms with Crippen molar-refractivity contribution in [2.45, 2.75) is 32.2 Å². The van der Waals surface area contributed by atoms with Crippen molar-refractivity contribution in [3.05, 3.63) is 47.0 Å². The van der Waals surface area contributed by atoms with Crippen LogP contribution in [0.2, 0.25) is 0 Å². The second-order valence-corrected chi connectivity index (χ2v) is 7.30. The van der Waals surface area contributed by atoms with E-state index < -0.39 is 0 Å². The summed E-state index contributed by atoms with van der Waals surface area (Å²) in [5.41, 5.74) is 2.19. The number of nitrogens with one attached hydrogen (secondary N) is 1. The Hall–Kier alpha value is -2.74. The van der Waals surface area contributed by atoms with Crippen LogP contribution in [0.5, 0.6) is 0 Å². The number of hydrogen-bond acceptors (Lipinski definition) is 4. The lowest BCUT2D eigenvalue weighted by molar-refractivity contribution is -0.117. The molecule has 1 N–H and O–H groups in total. The zero-order valence-corrected chi connectivity index (χ0v) is 15.8. The minimum atomic E-state index is -0.367. The van der Waals surface area contributed by atoms with Crippen molar-refractivity contribution in [2.24, 2.45) is 0 Å². The lowest BCUT2D eigenvalue weighted by atomic mass is 10.2. The van der Waals surface area contributed by atoms with Gasteiger partial charge >= 0.3 is 0 Å². The summed E-state index contributed by atoms with van der Waals surface area (Å²) in [4.78, 5) is 26.9. The Morgan fingerprint density at radius 1 is 1.25 bits per heavy atom. The average Bonchev–Trinajstić information content (AvgIpc) is 3.45. The molecule has 1 saturated carbocycles. The van der Waals surface area contributed by atoms with Gasteiger partial charge in [0.1, 0.15) is 12.4 Å². The van der Waals surface area contributed by atoms with Crippen molar-refractivity contribution >= 4 is 17.5 Å². The lowest BCUT2D eigenvalue weighted by Crippen LogP contribution is -2.40. The summed E-state index contributed by atoms with van der Waals surface area (Å²) in [6.45, 7) is 3.79. The molecule has 2 heterocycles. The van der Waals surface area contributed by atoms with Gasteiger partial charge in [0, 0.05) is 30.4 Å². The van der Waals surface area contributed by atoms with E-state index in [0.717, 1.165) is 18.5 Å². The van der Waals surface area contributed by atoms with Gasteiger partial charge in [-0.2, -0.15) is 5.10 Å². The Balaban J connectivity index is 1.48. The molecule has 4 rings (SSSR count). The first kappa shape index (κ1) is 18.6. The molecule has 2 amide bonds. The van der Waals surface area contributed by atoms with Crippen LogP contribution in [0.4, 0.5) is 10.1 Å². The van der Waals surface area contributed by atoms with Crippen molar-refractivity contribution in [1.29, 1.82) is 0 Å². The number of carbonyl (C=O) groups excluding carboxylic acids is 2. The van der Waals surface area contributed by atoms with E-state index >= 15 is 0 Å². The highest BCUT2D eigenvalue weighted by Gasteiger charge is 2.31. The maximum Gasteiger partial charge on any atom is 0.274 e. The molecule has 1 aliphatic carbocycles. The molecule has 28 heavy (non-hydrogen) atoms. The fourth-order valence-electron chi connectivity index (χ4n) is 3.31. The first-order valence-corrected chi connectivity index (χ1v) is 9.52. The molecular weight excluding hydrogens is 363 g/mol. The second kappa shape index (κ2) is 7.71. The largest absolute Gasteiger partial charge is 0.378 e. The highest BCUT2D eigenvalue weighted by atomic mass is 19.1. The lowest BCUT2D eigenvalue weighted by Gasteiger charge is -2.25. The highest BCUT2D eigenvalue weighted by Crippen LogP contribution is 2.40. The maximum absolute atomic E-state index is 13.7. The molecule has 0 spiro atoms. The zero-order chi connectivity index (χ0) is 19.7. The Bertz CT molecular complexity index is 901. The van der Waals surface area contributed by atoms with Gasteiger partial charge in [-0.05, 0) is 43.5 Å². The van der Waals surface area contributed by atoms with E-state index in [9.17, 15) is 14.0 Å². The van der Waals surface area contributed by atoms with Crippen LogP contribution in [0.1, 0.15) is 40.5 Å². The molecule has 0 atom stereocenters. The molecular formula is C20H23FN4O3. The van der Waals surface area contributed by atoms with Gasteiger partial charge < -0.3 is 15.0 Å². The van der Waals surface area contributed by atoms with E-state index in [0.29, 0.717) is 49.2 Å². The van der Waals surface area contributed by atoms with Crippen LogP contribution in [0.15, 0.2) is 24.3 Å². The number of amides is 2. The third kappa shape index (κ3) is 4.06. The van der Waals surface area contributed by atoms with E-state index in [2.05, 4.69) is 10.4 Å². The number of rotatable bonds is 5. The number of halogens is 1. The average molecular weight is 386 g/mol. The first-order chi connectivity index (χ1) is 13.5. The summed E-state index contributed by atoms with van der Waals surface area (Å²) in [7, 11) is 0. The first-order valence-electron chi connectivity index (χ1n) is 9.52. The van der Waals surface area contributed by atoms with E-state index in [1.54, 1.807) is 34.7 Å². The van der Waals surface area contributed by atoms with Crippen LogP contribution >= 0.6 is 0 Å². The Kier molecular flexibility index (Phi) is 5.13. The van der Waals surface area contributed by atoms with Crippen LogP contribution in [-0.4, -0.2) is 52.8 Å². The molecule has 1 aromatic heterocycles. The van der Waals surface area contributed by atoms with E-state index in [1.165, 1.54) is 6.07 Å². The van der Waals surface area contributed by atoms with Gasteiger partial charge in [0.25, 0.3) is 5.91 Å².